The summed E-state index contributed by atoms with van der Waals surface area (Å²) >= 11 is 0. The van der Waals surface area contributed by atoms with E-state index < -0.39 is 10.0 Å². The molecule has 0 atom stereocenters. The Morgan fingerprint density at radius 1 is 1.07 bits per heavy atom. The maximum Gasteiger partial charge on any atom is 0.229 e. The number of sulfonamides is 1. The van der Waals surface area contributed by atoms with E-state index in [4.69, 9.17) is 9.47 Å². The number of nitrogens with one attached hydrogen (secondary N) is 2. The van der Waals surface area contributed by atoms with Crippen molar-refractivity contribution in [3.05, 3.63) is 53.6 Å². The zero-order valence-electron chi connectivity index (χ0n) is 15.6. The Balaban J connectivity index is 1.91. The number of carbonyl (C=O) groups excluding carboxylic acids is 1. The molecule has 0 fully saturated rings. The molecule has 0 spiro atoms. The van der Waals surface area contributed by atoms with Gasteiger partial charge in [0.1, 0.15) is 11.5 Å². The van der Waals surface area contributed by atoms with Gasteiger partial charge in [-0.2, -0.15) is 0 Å². The maximum absolute atomic E-state index is 12.2. The lowest BCUT2D eigenvalue weighted by molar-refractivity contribution is -0.121. The summed E-state index contributed by atoms with van der Waals surface area (Å²) in [4.78, 5) is 12.2. The molecule has 0 radical (unpaired) electrons. The minimum Gasteiger partial charge on any atom is -0.497 e. The summed E-state index contributed by atoms with van der Waals surface area (Å²) in [6.45, 7) is 0.313. The van der Waals surface area contributed by atoms with Crippen LogP contribution in [0.4, 0.5) is 5.69 Å². The summed E-state index contributed by atoms with van der Waals surface area (Å²) < 4.78 is 35.5. The van der Waals surface area contributed by atoms with Crippen molar-refractivity contribution < 1.29 is 22.7 Å². The molecule has 0 aromatic heterocycles. The number of methoxy groups -OCH3 is 2. The number of anilines is 1. The monoisotopic (exact) mass is 392 g/mol. The standard InChI is InChI=1S/C19H24N2O5S/c1-25-17-8-9-18(26-2)15(12-17)7-10-19(22)20-13-14-5-4-6-16(11-14)21-27(3,23)24/h4-6,8-9,11-12,21H,7,10,13H2,1-3H3,(H,20,22). The molecule has 0 unspecified atom stereocenters. The molecule has 0 bridgehead atoms. The van der Waals surface area contributed by atoms with Crippen LogP contribution < -0.4 is 19.5 Å². The second kappa shape index (κ2) is 9.27. The maximum atomic E-state index is 12.2. The molecule has 0 heterocycles. The van der Waals surface area contributed by atoms with E-state index in [1.807, 2.05) is 18.2 Å². The Hall–Kier alpha value is -2.74. The molecule has 0 saturated heterocycles. The van der Waals surface area contributed by atoms with Crippen LogP contribution in [-0.4, -0.2) is 34.8 Å². The van der Waals surface area contributed by atoms with Crippen LogP contribution in [0.3, 0.4) is 0 Å². The summed E-state index contributed by atoms with van der Waals surface area (Å²) in [5.41, 5.74) is 2.16. The van der Waals surface area contributed by atoms with Gasteiger partial charge >= 0.3 is 0 Å². The summed E-state index contributed by atoms with van der Waals surface area (Å²) in [6, 6.07) is 12.4. The van der Waals surface area contributed by atoms with Crippen molar-refractivity contribution in [1.82, 2.24) is 5.32 Å². The molecule has 2 N–H and O–H groups in total. The number of benzene rings is 2. The highest BCUT2D eigenvalue weighted by atomic mass is 32.2. The number of amides is 1. The fraction of sp³-hybridized carbons (Fsp3) is 0.316. The van der Waals surface area contributed by atoms with Gasteiger partial charge in [0.15, 0.2) is 0 Å². The number of carbonyl (C=O) groups is 1. The summed E-state index contributed by atoms with van der Waals surface area (Å²) in [7, 11) is -0.162. The third-order valence-electron chi connectivity index (χ3n) is 3.83. The lowest BCUT2D eigenvalue weighted by Gasteiger charge is -2.11. The van der Waals surface area contributed by atoms with Crippen LogP contribution in [0.25, 0.3) is 0 Å². The van der Waals surface area contributed by atoms with Gasteiger partial charge in [0.25, 0.3) is 0 Å². The molecular weight excluding hydrogens is 368 g/mol. The van der Waals surface area contributed by atoms with E-state index in [1.165, 1.54) is 0 Å². The zero-order valence-corrected chi connectivity index (χ0v) is 16.4. The molecule has 0 aliphatic heterocycles. The third-order valence-corrected chi connectivity index (χ3v) is 4.44. The average Bonchev–Trinajstić information content (AvgIpc) is 2.63. The van der Waals surface area contributed by atoms with Gasteiger partial charge in [0.05, 0.1) is 20.5 Å². The van der Waals surface area contributed by atoms with Crippen molar-refractivity contribution in [1.29, 1.82) is 0 Å². The Kier molecular flexibility index (Phi) is 7.06. The lowest BCUT2D eigenvalue weighted by atomic mass is 10.1. The Morgan fingerprint density at radius 2 is 1.85 bits per heavy atom. The first-order valence-electron chi connectivity index (χ1n) is 8.35. The minimum atomic E-state index is -3.34. The minimum absolute atomic E-state index is 0.110. The first-order valence-corrected chi connectivity index (χ1v) is 10.2. The normalized spacial score (nSPS) is 10.9. The van der Waals surface area contributed by atoms with Gasteiger partial charge in [-0.1, -0.05) is 12.1 Å². The molecule has 2 aromatic carbocycles. The van der Waals surface area contributed by atoms with Crippen molar-refractivity contribution >= 4 is 21.6 Å². The summed E-state index contributed by atoms with van der Waals surface area (Å²) in [5, 5.41) is 2.84. The molecule has 2 aromatic rings. The van der Waals surface area contributed by atoms with Crippen LogP contribution in [0, 0.1) is 0 Å². The second-order valence-corrected chi connectivity index (χ2v) is 7.78. The third kappa shape index (κ3) is 6.82. The predicted molar refractivity (Wildman–Crippen MR) is 105 cm³/mol. The molecule has 27 heavy (non-hydrogen) atoms. The van der Waals surface area contributed by atoms with E-state index in [1.54, 1.807) is 38.5 Å². The van der Waals surface area contributed by atoms with Crippen molar-refractivity contribution in [2.24, 2.45) is 0 Å². The fourth-order valence-corrected chi connectivity index (χ4v) is 3.13. The van der Waals surface area contributed by atoms with Gasteiger partial charge < -0.3 is 14.8 Å². The quantitative estimate of drug-likeness (QED) is 0.683. The topological polar surface area (TPSA) is 93.7 Å². The highest BCUT2D eigenvalue weighted by Gasteiger charge is 2.09. The van der Waals surface area contributed by atoms with Gasteiger partial charge in [-0.15, -0.1) is 0 Å². The average molecular weight is 392 g/mol. The molecule has 0 aliphatic carbocycles. The van der Waals surface area contributed by atoms with Gasteiger partial charge in [0, 0.05) is 18.7 Å². The highest BCUT2D eigenvalue weighted by Crippen LogP contribution is 2.25. The zero-order chi connectivity index (χ0) is 19.9. The number of hydrogen-bond donors (Lipinski definition) is 2. The van der Waals surface area contributed by atoms with E-state index in [0.29, 0.717) is 36.6 Å². The molecule has 1 amide bonds. The van der Waals surface area contributed by atoms with Crippen LogP contribution in [0.5, 0.6) is 11.5 Å². The van der Waals surface area contributed by atoms with Gasteiger partial charge in [-0.05, 0) is 47.9 Å². The van der Waals surface area contributed by atoms with Crippen molar-refractivity contribution in [2.45, 2.75) is 19.4 Å². The van der Waals surface area contributed by atoms with Crippen LogP contribution in [0.15, 0.2) is 42.5 Å². The number of hydrogen-bond acceptors (Lipinski definition) is 5. The van der Waals surface area contributed by atoms with Gasteiger partial charge in [-0.3, -0.25) is 9.52 Å². The number of aryl methyl sites for hydroxylation is 1. The SMILES string of the molecule is COc1ccc(OC)c(CCC(=O)NCc2cccc(NS(C)(=O)=O)c2)c1. The Bertz CT molecular complexity index is 897. The van der Waals surface area contributed by atoms with Crippen LogP contribution >= 0.6 is 0 Å². The predicted octanol–water partition coefficient (Wildman–Crippen LogP) is 2.32. The van der Waals surface area contributed by atoms with E-state index in [0.717, 1.165) is 17.4 Å². The van der Waals surface area contributed by atoms with Crippen molar-refractivity contribution in [3.63, 3.8) is 0 Å². The Labute approximate surface area is 159 Å². The Morgan fingerprint density at radius 3 is 2.52 bits per heavy atom. The molecule has 0 aliphatic rings. The van der Waals surface area contributed by atoms with Crippen LogP contribution in [-0.2, 0) is 27.8 Å². The van der Waals surface area contributed by atoms with Gasteiger partial charge in [0.2, 0.25) is 15.9 Å². The molecule has 7 nitrogen and oxygen atoms in total. The van der Waals surface area contributed by atoms with E-state index >= 15 is 0 Å². The summed E-state index contributed by atoms with van der Waals surface area (Å²) in [5.74, 6) is 1.31. The van der Waals surface area contributed by atoms with E-state index in [2.05, 4.69) is 10.0 Å². The van der Waals surface area contributed by atoms with E-state index in [9.17, 15) is 13.2 Å². The highest BCUT2D eigenvalue weighted by molar-refractivity contribution is 7.92. The molecule has 0 saturated carbocycles. The number of rotatable bonds is 9. The van der Waals surface area contributed by atoms with Crippen molar-refractivity contribution in [2.75, 3.05) is 25.2 Å². The van der Waals surface area contributed by atoms with Crippen LogP contribution in [0.2, 0.25) is 0 Å². The second-order valence-electron chi connectivity index (χ2n) is 6.03. The number of ether oxygens (including phenoxy) is 2. The molecule has 8 heteroatoms. The van der Waals surface area contributed by atoms with Gasteiger partial charge in [-0.25, -0.2) is 8.42 Å². The fourth-order valence-electron chi connectivity index (χ4n) is 2.57. The van der Waals surface area contributed by atoms with Crippen molar-refractivity contribution in [3.8, 4) is 11.5 Å². The first kappa shape index (κ1) is 20.6. The molecule has 2 rings (SSSR count). The summed E-state index contributed by atoms with van der Waals surface area (Å²) in [6.07, 6.45) is 1.90. The van der Waals surface area contributed by atoms with Crippen LogP contribution in [0.1, 0.15) is 17.5 Å². The van der Waals surface area contributed by atoms with E-state index in [-0.39, 0.29) is 5.91 Å². The molecular formula is C19H24N2O5S. The first-order chi connectivity index (χ1) is 12.8. The smallest absolute Gasteiger partial charge is 0.229 e. The lowest BCUT2D eigenvalue weighted by Crippen LogP contribution is -2.23. The molecule has 146 valence electrons. The largest absolute Gasteiger partial charge is 0.497 e.